The quantitative estimate of drug-likeness (QED) is 0.497. The van der Waals surface area contributed by atoms with Crippen molar-refractivity contribution < 1.29 is 27.4 Å². The van der Waals surface area contributed by atoms with Gasteiger partial charge in [-0.15, -0.1) is 0 Å². The number of benzene rings is 2. The van der Waals surface area contributed by atoms with Gasteiger partial charge in [-0.1, -0.05) is 13.8 Å². The molecule has 0 saturated heterocycles. The van der Waals surface area contributed by atoms with Crippen molar-refractivity contribution in [1.82, 2.24) is 4.31 Å². The first-order chi connectivity index (χ1) is 14.8. The fourth-order valence-electron chi connectivity index (χ4n) is 2.97. The van der Waals surface area contributed by atoms with Gasteiger partial charge in [-0.05, 0) is 48.9 Å². The van der Waals surface area contributed by atoms with Crippen LogP contribution in [0.15, 0.2) is 47.4 Å². The van der Waals surface area contributed by atoms with Crippen LogP contribution in [0.5, 0.6) is 17.2 Å². The number of amides is 1. The van der Waals surface area contributed by atoms with Crippen LogP contribution >= 0.6 is 0 Å². The molecule has 0 aliphatic rings. The molecule has 0 aliphatic heterocycles. The van der Waals surface area contributed by atoms with E-state index < -0.39 is 10.0 Å². The molecule has 1 amide bonds. The van der Waals surface area contributed by atoms with E-state index in [4.69, 9.17) is 14.2 Å². The maximum absolute atomic E-state index is 12.8. The summed E-state index contributed by atoms with van der Waals surface area (Å²) < 4.78 is 42.9. The van der Waals surface area contributed by atoms with Crippen molar-refractivity contribution >= 4 is 21.6 Å². The lowest BCUT2D eigenvalue weighted by Gasteiger charge is -2.19. The summed E-state index contributed by atoms with van der Waals surface area (Å²) in [5, 5.41) is 2.74. The van der Waals surface area contributed by atoms with Crippen molar-refractivity contribution in [1.29, 1.82) is 0 Å². The summed E-state index contributed by atoms with van der Waals surface area (Å²) in [5.74, 6) is 1.57. The molecule has 8 nitrogen and oxygen atoms in total. The van der Waals surface area contributed by atoms with Gasteiger partial charge in [-0.3, -0.25) is 4.79 Å². The van der Waals surface area contributed by atoms with Crippen molar-refractivity contribution in [3.63, 3.8) is 0 Å². The standard InChI is InChI=1S/C22H30N2O6S/c1-5-24(6-2)31(26,27)19-13-14-21(29-4)20(16-19)23-22(25)8-7-15-30-18-11-9-17(28-3)10-12-18/h9-14,16H,5-8,15H2,1-4H3,(H,23,25). The first-order valence-corrected chi connectivity index (χ1v) is 11.5. The van der Waals surface area contributed by atoms with Crippen LogP contribution in [0.4, 0.5) is 5.69 Å². The number of sulfonamides is 1. The predicted octanol–water partition coefficient (Wildman–Crippen LogP) is 3.53. The van der Waals surface area contributed by atoms with Crippen molar-refractivity contribution in [3.05, 3.63) is 42.5 Å². The number of ether oxygens (including phenoxy) is 3. The Morgan fingerprint density at radius 3 is 2.19 bits per heavy atom. The van der Waals surface area contributed by atoms with Crippen LogP contribution in [0.1, 0.15) is 26.7 Å². The second kappa shape index (κ2) is 11.6. The summed E-state index contributed by atoms with van der Waals surface area (Å²) in [6, 6.07) is 11.6. The van der Waals surface area contributed by atoms with Gasteiger partial charge in [-0.2, -0.15) is 4.31 Å². The average Bonchev–Trinajstić information content (AvgIpc) is 2.77. The van der Waals surface area contributed by atoms with Gasteiger partial charge in [0.1, 0.15) is 17.2 Å². The van der Waals surface area contributed by atoms with Crippen LogP contribution in [-0.4, -0.2) is 52.5 Å². The molecule has 2 aromatic carbocycles. The number of hydrogen-bond donors (Lipinski definition) is 1. The first kappa shape index (κ1) is 24.5. The molecule has 0 unspecified atom stereocenters. The monoisotopic (exact) mass is 450 g/mol. The first-order valence-electron chi connectivity index (χ1n) is 10.1. The highest BCUT2D eigenvalue weighted by Crippen LogP contribution is 2.29. The minimum absolute atomic E-state index is 0.107. The van der Waals surface area contributed by atoms with E-state index in [0.29, 0.717) is 43.3 Å². The molecule has 0 atom stereocenters. The molecule has 0 bridgehead atoms. The van der Waals surface area contributed by atoms with Gasteiger partial charge in [0.25, 0.3) is 0 Å². The van der Waals surface area contributed by atoms with Gasteiger partial charge in [0.15, 0.2) is 0 Å². The molecule has 170 valence electrons. The normalized spacial score (nSPS) is 11.3. The Hall–Kier alpha value is -2.78. The number of rotatable bonds is 12. The fourth-order valence-corrected chi connectivity index (χ4v) is 4.45. The van der Waals surface area contributed by atoms with Crippen molar-refractivity contribution in [2.24, 2.45) is 0 Å². The van der Waals surface area contributed by atoms with Gasteiger partial charge in [0.05, 0.1) is 31.4 Å². The Labute approximate surface area is 184 Å². The van der Waals surface area contributed by atoms with E-state index >= 15 is 0 Å². The van der Waals surface area contributed by atoms with E-state index in [2.05, 4.69) is 5.32 Å². The van der Waals surface area contributed by atoms with Gasteiger partial charge in [-0.25, -0.2) is 8.42 Å². The largest absolute Gasteiger partial charge is 0.497 e. The zero-order valence-corrected chi connectivity index (χ0v) is 19.2. The molecular weight excluding hydrogens is 420 g/mol. The van der Waals surface area contributed by atoms with Crippen LogP contribution in [0.2, 0.25) is 0 Å². The van der Waals surface area contributed by atoms with Gasteiger partial charge >= 0.3 is 0 Å². The Kier molecular flexibility index (Phi) is 9.14. The van der Waals surface area contributed by atoms with E-state index in [1.165, 1.54) is 23.5 Å². The number of nitrogens with zero attached hydrogens (tertiary/aromatic N) is 1. The van der Waals surface area contributed by atoms with E-state index in [1.807, 2.05) is 0 Å². The highest BCUT2D eigenvalue weighted by atomic mass is 32.2. The summed E-state index contributed by atoms with van der Waals surface area (Å²) >= 11 is 0. The third-order valence-electron chi connectivity index (χ3n) is 4.66. The van der Waals surface area contributed by atoms with E-state index in [-0.39, 0.29) is 17.2 Å². The van der Waals surface area contributed by atoms with Crippen molar-refractivity contribution in [2.45, 2.75) is 31.6 Å². The predicted molar refractivity (Wildman–Crippen MR) is 119 cm³/mol. The lowest BCUT2D eigenvalue weighted by Crippen LogP contribution is -2.30. The fraction of sp³-hybridized carbons (Fsp3) is 0.409. The number of carbonyl (C=O) groups excluding carboxylic acids is 1. The highest BCUT2D eigenvalue weighted by molar-refractivity contribution is 7.89. The van der Waals surface area contributed by atoms with E-state index in [9.17, 15) is 13.2 Å². The summed E-state index contributed by atoms with van der Waals surface area (Å²) in [6.07, 6.45) is 0.712. The van der Waals surface area contributed by atoms with Crippen LogP contribution in [-0.2, 0) is 14.8 Å². The lowest BCUT2D eigenvalue weighted by molar-refractivity contribution is -0.116. The molecule has 0 radical (unpaired) electrons. The minimum atomic E-state index is -3.64. The topological polar surface area (TPSA) is 94.2 Å². The average molecular weight is 451 g/mol. The highest BCUT2D eigenvalue weighted by Gasteiger charge is 2.23. The van der Waals surface area contributed by atoms with E-state index in [1.54, 1.807) is 51.3 Å². The molecule has 2 aromatic rings. The molecular formula is C22H30N2O6S. The number of hydrogen-bond acceptors (Lipinski definition) is 6. The number of methoxy groups -OCH3 is 2. The number of carbonyl (C=O) groups is 1. The van der Waals surface area contributed by atoms with Crippen LogP contribution in [0.25, 0.3) is 0 Å². The molecule has 0 saturated carbocycles. The zero-order valence-electron chi connectivity index (χ0n) is 18.4. The van der Waals surface area contributed by atoms with Crippen LogP contribution in [0, 0.1) is 0 Å². The molecule has 0 aromatic heterocycles. The van der Waals surface area contributed by atoms with Gasteiger partial charge in [0, 0.05) is 19.5 Å². The summed E-state index contributed by atoms with van der Waals surface area (Å²) in [4.78, 5) is 12.5. The minimum Gasteiger partial charge on any atom is -0.497 e. The van der Waals surface area contributed by atoms with Gasteiger partial charge < -0.3 is 19.5 Å². The molecule has 31 heavy (non-hydrogen) atoms. The third-order valence-corrected chi connectivity index (χ3v) is 6.71. The third kappa shape index (κ3) is 6.60. The van der Waals surface area contributed by atoms with Crippen molar-refractivity contribution in [3.8, 4) is 17.2 Å². The zero-order chi connectivity index (χ0) is 22.9. The van der Waals surface area contributed by atoms with Crippen LogP contribution in [0.3, 0.4) is 0 Å². The number of nitrogens with one attached hydrogen (secondary N) is 1. The van der Waals surface area contributed by atoms with Crippen LogP contribution < -0.4 is 19.5 Å². The Morgan fingerprint density at radius 2 is 1.61 bits per heavy atom. The Bertz CT molecular complexity index is 956. The molecule has 1 N–H and O–H groups in total. The maximum Gasteiger partial charge on any atom is 0.243 e. The summed E-state index contributed by atoms with van der Waals surface area (Å²) in [6.45, 7) is 4.65. The molecule has 0 fully saturated rings. The maximum atomic E-state index is 12.8. The van der Waals surface area contributed by atoms with Gasteiger partial charge in [0.2, 0.25) is 15.9 Å². The SMILES string of the molecule is CCN(CC)S(=O)(=O)c1ccc(OC)c(NC(=O)CCCOc2ccc(OC)cc2)c1. The summed E-state index contributed by atoms with van der Waals surface area (Å²) in [5.41, 5.74) is 0.316. The Balaban J connectivity index is 1.98. The second-order valence-electron chi connectivity index (χ2n) is 6.63. The molecule has 9 heteroatoms. The molecule has 2 rings (SSSR count). The second-order valence-corrected chi connectivity index (χ2v) is 8.57. The molecule has 0 heterocycles. The summed E-state index contributed by atoms with van der Waals surface area (Å²) in [7, 11) is -0.584. The molecule has 0 aliphatic carbocycles. The molecule has 0 spiro atoms. The lowest BCUT2D eigenvalue weighted by atomic mass is 10.2. The van der Waals surface area contributed by atoms with Crippen molar-refractivity contribution in [2.75, 3.05) is 39.2 Å². The number of anilines is 1. The van der Waals surface area contributed by atoms with E-state index in [0.717, 1.165) is 5.75 Å². The smallest absolute Gasteiger partial charge is 0.243 e. The Morgan fingerprint density at radius 1 is 0.968 bits per heavy atom.